The average molecular weight is 812 g/mol. The first-order valence-electron chi connectivity index (χ1n) is 21.8. The summed E-state index contributed by atoms with van der Waals surface area (Å²) in [4.78, 5) is 2.43. The topological polar surface area (TPSA) is 3.24 Å². The van der Waals surface area contributed by atoms with Crippen LogP contribution in [-0.4, -0.2) is 0 Å². The maximum atomic E-state index is 2.43. The summed E-state index contributed by atoms with van der Waals surface area (Å²) in [5.74, 6) is 0. The Hall–Kier alpha value is -7.00. The normalized spacial score (nSPS) is 14.1. The van der Waals surface area contributed by atoms with E-state index in [1.807, 2.05) is 11.3 Å². The molecule has 0 unspecified atom stereocenters. The molecule has 0 bridgehead atoms. The molecule has 1 nitrogen and oxygen atoms in total. The Labute approximate surface area is 368 Å². The lowest BCUT2D eigenvalue weighted by Crippen LogP contribution is -2.16. The Bertz CT molecular complexity index is 3400. The van der Waals surface area contributed by atoms with Crippen molar-refractivity contribution >= 4 is 48.6 Å². The lowest BCUT2D eigenvalue weighted by atomic mass is 9.78. The lowest BCUT2D eigenvalue weighted by molar-refractivity contribution is 0.660. The van der Waals surface area contributed by atoms with Crippen LogP contribution < -0.4 is 4.90 Å². The smallest absolute Gasteiger partial charge is 0.0465 e. The molecule has 0 radical (unpaired) electrons. The van der Waals surface area contributed by atoms with Gasteiger partial charge in [0, 0.05) is 48.1 Å². The predicted molar refractivity (Wildman–Crippen MR) is 265 cm³/mol. The second kappa shape index (κ2) is 13.8. The summed E-state index contributed by atoms with van der Waals surface area (Å²) in [5.41, 5.74) is 21.6. The number of anilines is 3. The molecule has 0 atom stereocenters. The monoisotopic (exact) mass is 811 g/mol. The number of fused-ring (bicyclic) bond motifs is 9. The van der Waals surface area contributed by atoms with Gasteiger partial charge in [-0.3, -0.25) is 0 Å². The highest BCUT2D eigenvalue weighted by Crippen LogP contribution is 2.54. The summed E-state index contributed by atoms with van der Waals surface area (Å²) in [6, 6.07) is 74.6. The van der Waals surface area contributed by atoms with Crippen molar-refractivity contribution in [1.82, 2.24) is 0 Å². The van der Waals surface area contributed by atoms with Crippen LogP contribution in [0.1, 0.15) is 49.9 Å². The van der Waals surface area contributed by atoms with E-state index in [4.69, 9.17) is 0 Å². The Morgan fingerprint density at radius 2 is 0.806 bits per heavy atom. The van der Waals surface area contributed by atoms with Gasteiger partial charge >= 0.3 is 0 Å². The quantitative estimate of drug-likeness (QED) is 0.162. The highest BCUT2D eigenvalue weighted by molar-refractivity contribution is 7.26. The van der Waals surface area contributed by atoms with E-state index in [1.165, 1.54) is 98.1 Å². The Balaban J connectivity index is 0.968. The van der Waals surface area contributed by atoms with Gasteiger partial charge in [0.2, 0.25) is 0 Å². The largest absolute Gasteiger partial charge is 0.310 e. The predicted octanol–water partition coefficient (Wildman–Crippen LogP) is 17.1. The first-order chi connectivity index (χ1) is 30.3. The number of nitrogens with zero attached hydrogens (tertiary/aromatic N) is 1. The molecule has 0 saturated carbocycles. The molecule has 2 heteroatoms. The van der Waals surface area contributed by atoms with Crippen LogP contribution in [0.25, 0.3) is 75.8 Å². The van der Waals surface area contributed by atoms with Crippen molar-refractivity contribution in [2.75, 3.05) is 4.90 Å². The Kier molecular flexibility index (Phi) is 8.17. The molecule has 12 rings (SSSR count). The fraction of sp³-hybridized carbons (Fsp3) is 0.100. The van der Waals surface area contributed by atoms with Crippen LogP contribution >= 0.6 is 11.3 Å². The van der Waals surface area contributed by atoms with Crippen LogP contribution in [0.2, 0.25) is 0 Å². The van der Waals surface area contributed by atoms with Crippen LogP contribution in [0.4, 0.5) is 17.1 Å². The third kappa shape index (κ3) is 5.46. The molecule has 1 heterocycles. The van der Waals surface area contributed by atoms with Crippen LogP contribution in [-0.2, 0) is 10.8 Å². The van der Waals surface area contributed by atoms with E-state index in [0.717, 1.165) is 17.1 Å². The van der Waals surface area contributed by atoms with Gasteiger partial charge in [0.15, 0.2) is 0 Å². The third-order valence-electron chi connectivity index (χ3n) is 13.9. The van der Waals surface area contributed by atoms with Crippen molar-refractivity contribution in [3.05, 3.63) is 222 Å². The molecule has 0 aliphatic heterocycles. The summed E-state index contributed by atoms with van der Waals surface area (Å²) < 4.78 is 2.66. The van der Waals surface area contributed by atoms with Crippen molar-refractivity contribution in [2.24, 2.45) is 0 Å². The van der Waals surface area contributed by atoms with Gasteiger partial charge in [-0.2, -0.15) is 0 Å². The van der Waals surface area contributed by atoms with E-state index >= 15 is 0 Å². The van der Waals surface area contributed by atoms with Gasteiger partial charge in [0.05, 0.1) is 0 Å². The van der Waals surface area contributed by atoms with Crippen molar-refractivity contribution in [3.63, 3.8) is 0 Å². The minimum atomic E-state index is -0.110. The molecule has 2 aliphatic carbocycles. The summed E-state index contributed by atoms with van der Waals surface area (Å²) in [5, 5.41) is 2.65. The molecular weight excluding hydrogens is 767 g/mol. The van der Waals surface area contributed by atoms with E-state index in [1.54, 1.807) is 0 Å². The molecule has 0 N–H and O–H groups in total. The SMILES string of the molecule is CC1(C)c2ccccc2-c2ccc(N(c3ccc(-c4ccccc4-c4cccc5c4C(C)(C)c4ccccc4-5)cc3)c3ccc(-c4cccc5c4sc4ccccc45)cc3)cc21. The molecule has 0 saturated heterocycles. The molecule has 0 spiro atoms. The molecule has 1 aromatic heterocycles. The third-order valence-corrected chi connectivity index (χ3v) is 15.1. The number of thiophene rings is 1. The number of hydrogen-bond donors (Lipinski definition) is 0. The van der Waals surface area contributed by atoms with Crippen LogP contribution in [0.5, 0.6) is 0 Å². The van der Waals surface area contributed by atoms with E-state index in [2.05, 4.69) is 233 Å². The minimum absolute atomic E-state index is 0.105. The molecule has 9 aromatic carbocycles. The highest BCUT2D eigenvalue weighted by atomic mass is 32.1. The first-order valence-corrected chi connectivity index (χ1v) is 22.6. The summed E-state index contributed by atoms with van der Waals surface area (Å²) in [6.07, 6.45) is 0. The second-order valence-corrected chi connectivity index (χ2v) is 19.1. The second-order valence-electron chi connectivity index (χ2n) is 18.1. The van der Waals surface area contributed by atoms with E-state index < -0.39 is 0 Å². The first kappa shape index (κ1) is 36.8. The standard InChI is InChI=1S/C60H45NS/c1-59(2)53-24-10-7-17-46(53)48-36-35-42(37-55(48)59)61(41-33-29-39(30-34-41)44-20-13-23-52-49-19-9-12-26-56(49)62-58(44)52)40-31-27-38(28-32-40)43-15-5-6-16-45(43)50-21-14-22-51-47-18-8-11-25-54(47)60(3,4)57(50)51/h5-37H,1-4H3. The molecule has 296 valence electrons. The highest BCUT2D eigenvalue weighted by Gasteiger charge is 2.38. The molecule has 2 aliphatic rings. The van der Waals surface area contributed by atoms with Gasteiger partial charge in [-0.1, -0.05) is 185 Å². The van der Waals surface area contributed by atoms with E-state index in [9.17, 15) is 0 Å². The minimum Gasteiger partial charge on any atom is -0.310 e. The fourth-order valence-corrected chi connectivity index (χ4v) is 12.1. The Morgan fingerprint density at radius 3 is 1.52 bits per heavy atom. The molecule has 62 heavy (non-hydrogen) atoms. The fourth-order valence-electron chi connectivity index (χ4n) is 10.9. The van der Waals surface area contributed by atoms with Gasteiger partial charge in [0.25, 0.3) is 0 Å². The zero-order valence-electron chi connectivity index (χ0n) is 35.4. The molecule has 0 fully saturated rings. The van der Waals surface area contributed by atoms with Gasteiger partial charge < -0.3 is 4.90 Å². The zero-order chi connectivity index (χ0) is 41.7. The molecular formula is C60H45NS. The summed E-state index contributed by atoms with van der Waals surface area (Å²) in [7, 11) is 0. The number of benzene rings is 9. The van der Waals surface area contributed by atoms with Crippen molar-refractivity contribution in [1.29, 1.82) is 0 Å². The maximum Gasteiger partial charge on any atom is 0.0465 e. The van der Waals surface area contributed by atoms with E-state index in [-0.39, 0.29) is 10.8 Å². The maximum absolute atomic E-state index is 2.43. The van der Waals surface area contributed by atoms with Gasteiger partial charge in [0.1, 0.15) is 0 Å². The molecule has 10 aromatic rings. The van der Waals surface area contributed by atoms with Gasteiger partial charge in [-0.25, -0.2) is 0 Å². The number of rotatable bonds is 6. The van der Waals surface area contributed by atoms with Gasteiger partial charge in [-0.05, 0) is 120 Å². The van der Waals surface area contributed by atoms with Gasteiger partial charge in [-0.15, -0.1) is 11.3 Å². The zero-order valence-corrected chi connectivity index (χ0v) is 36.2. The van der Waals surface area contributed by atoms with Crippen molar-refractivity contribution in [3.8, 4) is 55.6 Å². The van der Waals surface area contributed by atoms with Crippen LogP contribution in [0.3, 0.4) is 0 Å². The van der Waals surface area contributed by atoms with Crippen LogP contribution in [0.15, 0.2) is 200 Å². The lowest BCUT2D eigenvalue weighted by Gasteiger charge is -2.28. The van der Waals surface area contributed by atoms with Crippen LogP contribution in [0, 0.1) is 0 Å². The summed E-state index contributed by atoms with van der Waals surface area (Å²) in [6.45, 7) is 9.48. The Morgan fingerprint density at radius 1 is 0.339 bits per heavy atom. The van der Waals surface area contributed by atoms with Crippen molar-refractivity contribution in [2.45, 2.75) is 38.5 Å². The van der Waals surface area contributed by atoms with E-state index in [0.29, 0.717) is 0 Å². The van der Waals surface area contributed by atoms with Crippen molar-refractivity contribution < 1.29 is 0 Å². The average Bonchev–Trinajstić information content (AvgIpc) is 3.89. The number of hydrogen-bond acceptors (Lipinski definition) is 2. The summed E-state index contributed by atoms with van der Waals surface area (Å²) >= 11 is 1.88. The molecule has 0 amide bonds.